The smallest absolute Gasteiger partial charge is 0.270 e. The third kappa shape index (κ3) is 3.06. The van der Waals surface area contributed by atoms with Crippen LogP contribution in [-0.4, -0.2) is 48.7 Å². The highest BCUT2D eigenvalue weighted by Crippen LogP contribution is 2.30. The number of hydrogen-bond donors (Lipinski definition) is 1. The van der Waals surface area contributed by atoms with Gasteiger partial charge in [0.2, 0.25) is 0 Å². The lowest BCUT2D eigenvalue weighted by Crippen LogP contribution is -2.30. The SMILES string of the molecule is COc1ccc2cc(C(=O)N3CCC(OCC4CC4)C3)[nH]c2c1. The van der Waals surface area contributed by atoms with Crippen LogP contribution in [0.1, 0.15) is 29.8 Å². The summed E-state index contributed by atoms with van der Waals surface area (Å²) < 4.78 is 11.1. The summed E-state index contributed by atoms with van der Waals surface area (Å²) in [5.41, 5.74) is 1.56. The van der Waals surface area contributed by atoms with Gasteiger partial charge >= 0.3 is 0 Å². The van der Waals surface area contributed by atoms with Crippen molar-refractivity contribution in [3.63, 3.8) is 0 Å². The number of fused-ring (bicyclic) bond motifs is 1. The average Bonchev–Trinajstić information content (AvgIpc) is 3.12. The van der Waals surface area contributed by atoms with Gasteiger partial charge in [0, 0.05) is 36.7 Å². The Kier molecular flexibility index (Phi) is 3.73. The van der Waals surface area contributed by atoms with Crippen molar-refractivity contribution in [2.24, 2.45) is 5.92 Å². The highest BCUT2D eigenvalue weighted by molar-refractivity contribution is 5.98. The predicted octanol–water partition coefficient (Wildman–Crippen LogP) is 2.82. The van der Waals surface area contributed by atoms with Crippen LogP contribution in [-0.2, 0) is 4.74 Å². The fourth-order valence-electron chi connectivity index (χ4n) is 3.12. The van der Waals surface area contributed by atoms with E-state index < -0.39 is 0 Å². The quantitative estimate of drug-likeness (QED) is 0.923. The van der Waals surface area contributed by atoms with Crippen molar-refractivity contribution in [1.82, 2.24) is 9.88 Å². The summed E-state index contributed by atoms with van der Waals surface area (Å²) in [6.07, 6.45) is 3.73. The molecule has 0 bridgehead atoms. The molecule has 1 aromatic heterocycles. The standard InChI is InChI=1S/C18H22N2O3/c1-22-14-5-4-13-8-17(19-16(13)9-14)18(21)20-7-6-15(10-20)23-11-12-2-3-12/h4-5,8-9,12,15,19H,2-3,6-7,10-11H2,1H3. The number of carbonyl (C=O) groups is 1. The molecular formula is C18H22N2O3. The lowest BCUT2D eigenvalue weighted by Gasteiger charge is -2.16. The summed E-state index contributed by atoms with van der Waals surface area (Å²) >= 11 is 0. The first-order chi connectivity index (χ1) is 11.2. The van der Waals surface area contributed by atoms with E-state index in [1.807, 2.05) is 29.2 Å². The maximum Gasteiger partial charge on any atom is 0.270 e. The normalized spacial score (nSPS) is 21.1. The fraction of sp³-hybridized carbons (Fsp3) is 0.500. The molecule has 4 rings (SSSR count). The van der Waals surface area contributed by atoms with E-state index in [9.17, 15) is 4.79 Å². The molecule has 5 nitrogen and oxygen atoms in total. The van der Waals surface area contributed by atoms with E-state index in [0.717, 1.165) is 42.1 Å². The Morgan fingerprint density at radius 1 is 1.30 bits per heavy atom. The molecule has 2 fully saturated rings. The Morgan fingerprint density at radius 2 is 2.17 bits per heavy atom. The topological polar surface area (TPSA) is 54.6 Å². The Labute approximate surface area is 135 Å². The number of hydrogen-bond acceptors (Lipinski definition) is 3. The number of amides is 1. The van der Waals surface area contributed by atoms with Crippen molar-refractivity contribution in [2.45, 2.75) is 25.4 Å². The fourth-order valence-corrected chi connectivity index (χ4v) is 3.12. The van der Waals surface area contributed by atoms with E-state index in [1.54, 1.807) is 7.11 Å². The summed E-state index contributed by atoms with van der Waals surface area (Å²) in [6.45, 7) is 2.33. The number of carbonyl (C=O) groups excluding carboxylic acids is 1. The minimum Gasteiger partial charge on any atom is -0.497 e. The van der Waals surface area contributed by atoms with Crippen LogP contribution < -0.4 is 4.74 Å². The maximum atomic E-state index is 12.7. The summed E-state index contributed by atoms with van der Waals surface area (Å²) in [5.74, 6) is 1.61. The molecule has 1 aliphatic heterocycles. The molecule has 1 aliphatic carbocycles. The monoisotopic (exact) mass is 314 g/mol. The van der Waals surface area contributed by atoms with Gasteiger partial charge in [0.05, 0.1) is 13.2 Å². The van der Waals surface area contributed by atoms with Gasteiger partial charge in [0.25, 0.3) is 5.91 Å². The molecule has 1 saturated heterocycles. The molecule has 1 aromatic carbocycles. The minimum absolute atomic E-state index is 0.0534. The predicted molar refractivity (Wildman–Crippen MR) is 87.8 cm³/mol. The van der Waals surface area contributed by atoms with Crippen LogP contribution in [0.2, 0.25) is 0 Å². The van der Waals surface area contributed by atoms with Crippen LogP contribution in [0.4, 0.5) is 0 Å². The second kappa shape index (κ2) is 5.89. The number of nitrogens with one attached hydrogen (secondary N) is 1. The van der Waals surface area contributed by atoms with Crippen molar-refractivity contribution in [3.8, 4) is 5.75 Å². The lowest BCUT2D eigenvalue weighted by molar-refractivity contribution is 0.0479. The van der Waals surface area contributed by atoms with Gasteiger partial charge in [-0.2, -0.15) is 0 Å². The van der Waals surface area contributed by atoms with Crippen molar-refractivity contribution in [1.29, 1.82) is 0 Å². The molecule has 0 radical (unpaired) electrons. The molecule has 2 aliphatic rings. The van der Waals surface area contributed by atoms with Crippen molar-refractivity contribution in [3.05, 3.63) is 30.0 Å². The third-order valence-corrected chi connectivity index (χ3v) is 4.76. The minimum atomic E-state index is 0.0534. The lowest BCUT2D eigenvalue weighted by atomic mass is 10.2. The van der Waals surface area contributed by atoms with Gasteiger partial charge in [0.15, 0.2) is 0 Å². The zero-order valence-corrected chi connectivity index (χ0v) is 13.4. The molecule has 1 N–H and O–H groups in total. The number of ether oxygens (including phenoxy) is 2. The Morgan fingerprint density at radius 3 is 2.96 bits per heavy atom. The molecule has 1 saturated carbocycles. The van der Waals surface area contributed by atoms with Gasteiger partial charge in [-0.25, -0.2) is 0 Å². The first kappa shape index (κ1) is 14.6. The second-order valence-electron chi connectivity index (χ2n) is 6.57. The van der Waals surface area contributed by atoms with Crippen molar-refractivity contribution < 1.29 is 14.3 Å². The van der Waals surface area contributed by atoms with Crippen LogP contribution in [0, 0.1) is 5.92 Å². The highest BCUT2D eigenvalue weighted by atomic mass is 16.5. The maximum absolute atomic E-state index is 12.7. The largest absolute Gasteiger partial charge is 0.497 e. The van der Waals surface area contributed by atoms with E-state index in [4.69, 9.17) is 9.47 Å². The van der Waals surface area contributed by atoms with Crippen LogP contribution in [0.15, 0.2) is 24.3 Å². The van der Waals surface area contributed by atoms with Crippen LogP contribution in [0.3, 0.4) is 0 Å². The van der Waals surface area contributed by atoms with Crippen molar-refractivity contribution in [2.75, 3.05) is 26.8 Å². The molecule has 23 heavy (non-hydrogen) atoms. The third-order valence-electron chi connectivity index (χ3n) is 4.76. The molecule has 1 unspecified atom stereocenters. The number of aromatic nitrogens is 1. The zero-order valence-electron chi connectivity index (χ0n) is 13.4. The molecule has 0 spiro atoms. The van der Waals surface area contributed by atoms with Gasteiger partial charge in [-0.15, -0.1) is 0 Å². The summed E-state index contributed by atoms with van der Waals surface area (Å²) in [6, 6.07) is 7.70. The molecular weight excluding hydrogens is 292 g/mol. The molecule has 5 heteroatoms. The van der Waals surface area contributed by atoms with Gasteiger partial charge in [-0.3, -0.25) is 4.79 Å². The van der Waals surface area contributed by atoms with Crippen LogP contribution >= 0.6 is 0 Å². The first-order valence-electron chi connectivity index (χ1n) is 8.30. The highest BCUT2D eigenvalue weighted by Gasteiger charge is 2.30. The number of H-pyrrole nitrogens is 1. The van der Waals surface area contributed by atoms with E-state index >= 15 is 0 Å². The number of rotatable bonds is 5. The van der Waals surface area contributed by atoms with Gasteiger partial charge in [-0.05, 0) is 43.4 Å². The van der Waals surface area contributed by atoms with E-state index in [2.05, 4.69) is 4.98 Å². The zero-order chi connectivity index (χ0) is 15.8. The Bertz CT molecular complexity index is 720. The molecule has 1 atom stereocenters. The van der Waals surface area contributed by atoms with Crippen molar-refractivity contribution >= 4 is 16.8 Å². The van der Waals surface area contributed by atoms with Crippen LogP contribution in [0.25, 0.3) is 10.9 Å². The molecule has 2 heterocycles. The van der Waals surface area contributed by atoms with Gasteiger partial charge in [0.1, 0.15) is 11.4 Å². The van der Waals surface area contributed by atoms with E-state index in [1.165, 1.54) is 12.8 Å². The summed E-state index contributed by atoms with van der Waals surface area (Å²) in [4.78, 5) is 17.8. The Balaban J connectivity index is 1.43. The molecule has 122 valence electrons. The van der Waals surface area contributed by atoms with Gasteiger partial charge in [-0.1, -0.05) is 0 Å². The van der Waals surface area contributed by atoms with Gasteiger partial charge < -0.3 is 19.4 Å². The number of methoxy groups -OCH3 is 1. The number of nitrogens with zero attached hydrogens (tertiary/aromatic N) is 1. The number of likely N-dealkylation sites (tertiary alicyclic amines) is 1. The average molecular weight is 314 g/mol. The number of aromatic amines is 1. The van der Waals surface area contributed by atoms with E-state index in [0.29, 0.717) is 12.2 Å². The van der Waals surface area contributed by atoms with E-state index in [-0.39, 0.29) is 12.0 Å². The Hall–Kier alpha value is -2.01. The second-order valence-corrected chi connectivity index (χ2v) is 6.57. The summed E-state index contributed by atoms with van der Waals surface area (Å²) in [7, 11) is 1.64. The molecule has 1 amide bonds. The van der Waals surface area contributed by atoms with Crippen LogP contribution in [0.5, 0.6) is 5.75 Å². The first-order valence-corrected chi connectivity index (χ1v) is 8.30. The molecule has 2 aromatic rings. The summed E-state index contributed by atoms with van der Waals surface area (Å²) in [5, 5.41) is 1.02. The number of benzene rings is 1.